The predicted molar refractivity (Wildman–Crippen MR) is 82.1 cm³/mol. The third-order valence-corrected chi connectivity index (χ3v) is 3.22. The summed E-state index contributed by atoms with van der Waals surface area (Å²) < 4.78 is 11.1. The van der Waals surface area contributed by atoms with Crippen LogP contribution in [0.3, 0.4) is 0 Å². The molecule has 0 saturated heterocycles. The molecule has 2 aromatic carbocycles. The number of hydrogen-bond donors (Lipinski definition) is 1. The minimum absolute atomic E-state index is 0.664. The summed E-state index contributed by atoms with van der Waals surface area (Å²) in [5.74, 6) is 2.06. The van der Waals surface area contributed by atoms with Crippen LogP contribution >= 0.6 is 23.4 Å². The monoisotopic (exact) mass is 311 g/mol. The predicted octanol–water partition coefficient (Wildman–Crippen LogP) is 4.43. The van der Waals surface area contributed by atoms with Gasteiger partial charge in [-0.2, -0.15) is 0 Å². The molecule has 2 aromatic rings. The Kier molecular flexibility index (Phi) is 5.53. The molecule has 0 heterocycles. The van der Waals surface area contributed by atoms with Gasteiger partial charge in [-0.15, -0.1) is 0 Å². The highest BCUT2D eigenvalue weighted by Crippen LogP contribution is 2.32. The van der Waals surface area contributed by atoms with Crippen molar-refractivity contribution >= 4 is 23.4 Å². The van der Waals surface area contributed by atoms with E-state index in [1.807, 2.05) is 30.3 Å². The van der Waals surface area contributed by atoms with Crippen LogP contribution in [-0.2, 0) is 6.42 Å². The van der Waals surface area contributed by atoms with Gasteiger partial charge < -0.3 is 9.47 Å². The molecule has 0 radical (unpaired) electrons. The Hall–Kier alpha value is -1.42. The van der Waals surface area contributed by atoms with Crippen molar-refractivity contribution < 1.29 is 9.47 Å². The summed E-state index contributed by atoms with van der Waals surface area (Å²) in [6.07, 6.45) is 0.821. The fourth-order valence-corrected chi connectivity index (χ4v) is 1.99. The lowest BCUT2D eigenvalue weighted by molar-refractivity contribution is 0.378. The number of nitrogens with one attached hydrogen (secondary N) is 1. The number of ether oxygens (including phenoxy) is 2. The molecular formula is C15H15Cl2NO2. The Morgan fingerprint density at radius 3 is 2.45 bits per heavy atom. The fourth-order valence-electron chi connectivity index (χ4n) is 1.77. The molecule has 0 amide bonds. The highest BCUT2D eigenvalue weighted by Gasteiger charge is 2.07. The van der Waals surface area contributed by atoms with Gasteiger partial charge in [0.1, 0.15) is 5.75 Å². The zero-order valence-corrected chi connectivity index (χ0v) is 12.5. The molecule has 0 saturated carbocycles. The first kappa shape index (κ1) is 15.0. The highest BCUT2D eigenvalue weighted by atomic mass is 35.5. The molecule has 0 aliphatic carbocycles. The van der Waals surface area contributed by atoms with E-state index in [0.29, 0.717) is 28.8 Å². The lowest BCUT2D eigenvalue weighted by Crippen LogP contribution is -2.04. The Balaban J connectivity index is 2.16. The van der Waals surface area contributed by atoms with Crippen molar-refractivity contribution in [1.29, 1.82) is 0 Å². The van der Waals surface area contributed by atoms with E-state index in [1.54, 1.807) is 19.2 Å². The van der Waals surface area contributed by atoms with Crippen molar-refractivity contribution in [1.82, 2.24) is 4.84 Å². The third-order valence-electron chi connectivity index (χ3n) is 2.78. The van der Waals surface area contributed by atoms with Gasteiger partial charge >= 0.3 is 0 Å². The van der Waals surface area contributed by atoms with Crippen LogP contribution in [0.1, 0.15) is 5.56 Å². The van der Waals surface area contributed by atoms with Crippen molar-refractivity contribution in [2.24, 2.45) is 0 Å². The topological polar surface area (TPSA) is 30.5 Å². The van der Waals surface area contributed by atoms with Crippen molar-refractivity contribution in [3.8, 4) is 17.2 Å². The minimum atomic E-state index is 0.664. The van der Waals surface area contributed by atoms with Crippen molar-refractivity contribution in [2.45, 2.75) is 6.42 Å². The fraction of sp³-hybridized carbons (Fsp3) is 0.200. The van der Waals surface area contributed by atoms with Crippen molar-refractivity contribution in [3.05, 3.63) is 53.1 Å². The second kappa shape index (κ2) is 7.39. The average Bonchev–Trinajstić information content (AvgIpc) is 2.48. The smallest absolute Gasteiger partial charge is 0.169 e. The van der Waals surface area contributed by atoms with E-state index in [9.17, 15) is 0 Å². The SMILES string of the molecule is COc1cc(CCNCl)ccc1Oc1ccc(Cl)cc1. The molecule has 0 fully saturated rings. The Morgan fingerprint density at radius 1 is 1.05 bits per heavy atom. The van der Waals surface area contributed by atoms with Crippen LogP contribution in [0.4, 0.5) is 0 Å². The first-order chi connectivity index (χ1) is 9.72. The molecule has 3 nitrogen and oxygen atoms in total. The zero-order chi connectivity index (χ0) is 14.4. The Morgan fingerprint density at radius 2 is 1.80 bits per heavy atom. The van der Waals surface area contributed by atoms with E-state index in [1.165, 1.54) is 0 Å². The summed E-state index contributed by atoms with van der Waals surface area (Å²) in [4.78, 5) is 2.60. The van der Waals surface area contributed by atoms with Gasteiger partial charge in [-0.05, 0) is 60.2 Å². The summed E-state index contributed by atoms with van der Waals surface area (Å²) in [6, 6.07) is 13.0. The van der Waals surface area contributed by atoms with Gasteiger partial charge in [0.15, 0.2) is 11.5 Å². The van der Waals surface area contributed by atoms with Crippen LogP contribution in [0.5, 0.6) is 17.2 Å². The van der Waals surface area contributed by atoms with Crippen LogP contribution in [0, 0.1) is 0 Å². The first-order valence-corrected chi connectivity index (χ1v) is 6.92. The van der Waals surface area contributed by atoms with E-state index in [0.717, 1.165) is 12.0 Å². The lowest BCUT2D eigenvalue weighted by atomic mass is 10.1. The maximum absolute atomic E-state index is 5.85. The van der Waals surface area contributed by atoms with Gasteiger partial charge in [0, 0.05) is 11.6 Å². The molecule has 0 aromatic heterocycles. The molecule has 0 aliphatic rings. The summed E-state index contributed by atoms with van der Waals surface area (Å²) in [7, 11) is 1.62. The maximum Gasteiger partial charge on any atom is 0.169 e. The largest absolute Gasteiger partial charge is 0.493 e. The molecule has 0 aliphatic heterocycles. The maximum atomic E-state index is 5.85. The lowest BCUT2D eigenvalue weighted by Gasteiger charge is -2.12. The molecule has 0 bridgehead atoms. The summed E-state index contributed by atoms with van der Waals surface area (Å²) >= 11 is 11.3. The minimum Gasteiger partial charge on any atom is -0.493 e. The average molecular weight is 312 g/mol. The Labute approximate surface area is 128 Å². The normalized spacial score (nSPS) is 10.3. The van der Waals surface area contributed by atoms with E-state index in [-0.39, 0.29) is 0 Å². The van der Waals surface area contributed by atoms with Crippen LogP contribution in [0.25, 0.3) is 0 Å². The summed E-state index contributed by atoms with van der Waals surface area (Å²) in [5.41, 5.74) is 1.12. The zero-order valence-electron chi connectivity index (χ0n) is 11.0. The number of hydrogen-bond acceptors (Lipinski definition) is 3. The van der Waals surface area contributed by atoms with Crippen LogP contribution in [-0.4, -0.2) is 13.7 Å². The molecule has 0 spiro atoms. The van der Waals surface area contributed by atoms with Gasteiger partial charge in [-0.1, -0.05) is 17.7 Å². The molecule has 0 atom stereocenters. The standard InChI is InChI=1S/C15H15Cl2NO2/c1-19-15-10-11(8-9-18-17)2-7-14(15)20-13-5-3-12(16)4-6-13/h2-7,10,18H,8-9H2,1H3. The second-order valence-electron chi connectivity index (χ2n) is 4.17. The summed E-state index contributed by atoms with van der Waals surface area (Å²) in [5, 5.41) is 0.674. The number of methoxy groups -OCH3 is 1. The van der Waals surface area contributed by atoms with Gasteiger partial charge in [-0.25, -0.2) is 4.84 Å². The molecular weight excluding hydrogens is 297 g/mol. The molecule has 20 heavy (non-hydrogen) atoms. The molecule has 106 valence electrons. The summed E-state index contributed by atoms with van der Waals surface area (Å²) in [6.45, 7) is 0.697. The van der Waals surface area contributed by atoms with Gasteiger partial charge in [-0.3, -0.25) is 0 Å². The van der Waals surface area contributed by atoms with Gasteiger partial charge in [0.25, 0.3) is 0 Å². The molecule has 0 unspecified atom stereocenters. The Bertz CT molecular complexity index is 558. The van der Waals surface area contributed by atoms with Gasteiger partial charge in [0.05, 0.1) is 7.11 Å². The molecule has 5 heteroatoms. The van der Waals surface area contributed by atoms with E-state index in [4.69, 9.17) is 32.9 Å². The van der Waals surface area contributed by atoms with Crippen LogP contribution in [0.15, 0.2) is 42.5 Å². The van der Waals surface area contributed by atoms with Crippen molar-refractivity contribution in [2.75, 3.05) is 13.7 Å². The van der Waals surface area contributed by atoms with Crippen LogP contribution in [0.2, 0.25) is 5.02 Å². The van der Waals surface area contributed by atoms with E-state index >= 15 is 0 Å². The number of halogens is 2. The molecule has 1 N–H and O–H groups in total. The highest BCUT2D eigenvalue weighted by molar-refractivity contribution is 6.30. The van der Waals surface area contributed by atoms with E-state index in [2.05, 4.69) is 4.84 Å². The molecule has 2 rings (SSSR count). The second-order valence-corrected chi connectivity index (χ2v) is 4.88. The van der Waals surface area contributed by atoms with Crippen molar-refractivity contribution in [3.63, 3.8) is 0 Å². The number of rotatable bonds is 6. The first-order valence-electron chi connectivity index (χ1n) is 6.17. The number of benzene rings is 2. The third kappa shape index (κ3) is 4.04. The van der Waals surface area contributed by atoms with Gasteiger partial charge in [0.2, 0.25) is 0 Å². The quantitative estimate of drug-likeness (QED) is 0.801. The van der Waals surface area contributed by atoms with Crippen LogP contribution < -0.4 is 14.3 Å². The van der Waals surface area contributed by atoms with E-state index < -0.39 is 0 Å².